The summed E-state index contributed by atoms with van der Waals surface area (Å²) in [6.07, 6.45) is 2.46. The molecule has 0 bridgehead atoms. The fraction of sp³-hybridized carbons (Fsp3) is 0.538. The molecule has 1 fully saturated rings. The summed E-state index contributed by atoms with van der Waals surface area (Å²) in [5, 5.41) is 7.54. The Kier molecular flexibility index (Phi) is 4.51. The zero-order valence-corrected chi connectivity index (χ0v) is 10.9. The van der Waals surface area contributed by atoms with Gasteiger partial charge < -0.3 is 15.4 Å². The molecule has 3 nitrogen and oxygen atoms in total. The lowest BCUT2D eigenvalue weighted by Crippen LogP contribution is -2.31. The van der Waals surface area contributed by atoms with Gasteiger partial charge in [0.25, 0.3) is 0 Å². The summed E-state index contributed by atoms with van der Waals surface area (Å²) in [6.45, 7) is 3.23. The van der Waals surface area contributed by atoms with Crippen molar-refractivity contribution in [1.82, 2.24) is 5.32 Å². The number of ether oxygens (including phenoxy) is 1. The number of hydrogen-bond acceptors (Lipinski definition) is 3. The van der Waals surface area contributed by atoms with E-state index in [4.69, 9.17) is 16.3 Å². The molecule has 4 heteroatoms. The molecule has 17 heavy (non-hydrogen) atoms. The van der Waals surface area contributed by atoms with Crippen LogP contribution < -0.4 is 15.4 Å². The number of nitrogens with one attached hydrogen (secondary N) is 2. The highest BCUT2D eigenvalue weighted by atomic mass is 35.5. The zero-order chi connectivity index (χ0) is 12.1. The SMILES string of the molecule is COc1ccc(Cl)c(NCC2CCNCC2)c1. The molecule has 0 spiro atoms. The molecular formula is C13H19ClN2O. The minimum atomic E-state index is 0.735. The maximum Gasteiger partial charge on any atom is 0.121 e. The van der Waals surface area contributed by atoms with Gasteiger partial charge in [-0.3, -0.25) is 0 Å². The first-order valence-corrected chi connectivity index (χ1v) is 6.45. The Hall–Kier alpha value is -0.930. The van der Waals surface area contributed by atoms with Crippen molar-refractivity contribution in [3.05, 3.63) is 23.2 Å². The van der Waals surface area contributed by atoms with Crippen LogP contribution in [0.1, 0.15) is 12.8 Å². The average Bonchev–Trinajstić information content (AvgIpc) is 2.39. The van der Waals surface area contributed by atoms with E-state index in [1.54, 1.807) is 7.11 Å². The molecule has 1 aromatic carbocycles. The van der Waals surface area contributed by atoms with Crippen molar-refractivity contribution < 1.29 is 4.74 Å². The van der Waals surface area contributed by atoms with Gasteiger partial charge in [0.15, 0.2) is 0 Å². The summed E-state index contributed by atoms with van der Waals surface area (Å²) >= 11 is 6.14. The molecule has 0 saturated carbocycles. The maximum absolute atomic E-state index is 6.14. The van der Waals surface area contributed by atoms with Crippen LogP contribution in [-0.2, 0) is 0 Å². The molecule has 2 rings (SSSR count). The van der Waals surface area contributed by atoms with Crippen molar-refractivity contribution in [2.75, 3.05) is 32.1 Å². The second-order valence-electron chi connectivity index (χ2n) is 4.42. The first-order chi connectivity index (χ1) is 8.29. The smallest absolute Gasteiger partial charge is 0.121 e. The summed E-state index contributed by atoms with van der Waals surface area (Å²) in [5.74, 6) is 1.57. The Labute approximate surface area is 107 Å². The Morgan fingerprint density at radius 3 is 2.88 bits per heavy atom. The van der Waals surface area contributed by atoms with Gasteiger partial charge in [-0.05, 0) is 44.0 Å². The summed E-state index contributed by atoms with van der Waals surface area (Å²) < 4.78 is 5.19. The van der Waals surface area contributed by atoms with Crippen molar-refractivity contribution in [2.45, 2.75) is 12.8 Å². The monoisotopic (exact) mass is 254 g/mol. The van der Waals surface area contributed by atoms with Gasteiger partial charge in [0, 0.05) is 12.6 Å². The van der Waals surface area contributed by atoms with Crippen molar-refractivity contribution in [2.24, 2.45) is 5.92 Å². The molecule has 0 unspecified atom stereocenters. The van der Waals surface area contributed by atoms with Crippen molar-refractivity contribution >= 4 is 17.3 Å². The Balaban J connectivity index is 1.92. The third kappa shape index (κ3) is 3.51. The number of anilines is 1. The molecular weight excluding hydrogens is 236 g/mol. The number of piperidine rings is 1. The van der Waals surface area contributed by atoms with Gasteiger partial charge in [0.1, 0.15) is 5.75 Å². The molecule has 0 radical (unpaired) electrons. The van der Waals surface area contributed by atoms with E-state index < -0.39 is 0 Å². The number of rotatable bonds is 4. The molecule has 2 N–H and O–H groups in total. The van der Waals surface area contributed by atoms with E-state index in [0.717, 1.165) is 42.0 Å². The molecule has 0 aliphatic carbocycles. The van der Waals surface area contributed by atoms with Crippen molar-refractivity contribution in [1.29, 1.82) is 0 Å². The lowest BCUT2D eigenvalue weighted by Gasteiger charge is -2.23. The number of methoxy groups -OCH3 is 1. The molecule has 0 aromatic heterocycles. The number of hydrogen-bond donors (Lipinski definition) is 2. The van der Waals surface area contributed by atoms with Gasteiger partial charge in [-0.1, -0.05) is 11.6 Å². The topological polar surface area (TPSA) is 33.3 Å². The summed E-state index contributed by atoms with van der Waals surface area (Å²) in [4.78, 5) is 0. The van der Waals surface area contributed by atoms with Crippen LogP contribution in [0.15, 0.2) is 18.2 Å². The maximum atomic E-state index is 6.14. The van der Waals surface area contributed by atoms with Gasteiger partial charge in [-0.25, -0.2) is 0 Å². The summed E-state index contributed by atoms with van der Waals surface area (Å²) in [6, 6.07) is 5.69. The fourth-order valence-electron chi connectivity index (χ4n) is 2.11. The van der Waals surface area contributed by atoms with Crippen LogP contribution in [0.5, 0.6) is 5.75 Å². The van der Waals surface area contributed by atoms with E-state index in [1.165, 1.54) is 12.8 Å². The highest BCUT2D eigenvalue weighted by Crippen LogP contribution is 2.27. The van der Waals surface area contributed by atoms with E-state index in [0.29, 0.717) is 0 Å². The van der Waals surface area contributed by atoms with E-state index >= 15 is 0 Å². The van der Waals surface area contributed by atoms with E-state index in [9.17, 15) is 0 Å². The molecule has 1 heterocycles. The average molecular weight is 255 g/mol. The number of halogens is 1. The van der Waals surface area contributed by atoms with Crippen molar-refractivity contribution in [3.8, 4) is 5.75 Å². The third-order valence-electron chi connectivity index (χ3n) is 3.21. The minimum Gasteiger partial charge on any atom is -0.497 e. The van der Waals surface area contributed by atoms with E-state index in [-0.39, 0.29) is 0 Å². The van der Waals surface area contributed by atoms with Gasteiger partial charge in [0.2, 0.25) is 0 Å². The van der Waals surface area contributed by atoms with Gasteiger partial charge in [0.05, 0.1) is 17.8 Å². The Bertz CT molecular complexity index is 364. The standard InChI is InChI=1S/C13H19ClN2O/c1-17-11-2-3-12(14)13(8-11)16-9-10-4-6-15-7-5-10/h2-3,8,10,15-16H,4-7,9H2,1H3. The highest BCUT2D eigenvalue weighted by Gasteiger charge is 2.13. The molecule has 1 aromatic rings. The number of benzene rings is 1. The van der Waals surface area contributed by atoms with Crippen LogP contribution in [0.25, 0.3) is 0 Å². The lowest BCUT2D eigenvalue weighted by molar-refractivity contribution is 0.389. The summed E-state index contributed by atoms with van der Waals surface area (Å²) in [5.41, 5.74) is 0.963. The van der Waals surface area contributed by atoms with Crippen LogP contribution in [0.3, 0.4) is 0 Å². The van der Waals surface area contributed by atoms with Crippen LogP contribution in [0.4, 0.5) is 5.69 Å². The first-order valence-electron chi connectivity index (χ1n) is 6.07. The first kappa shape index (κ1) is 12.5. The van der Waals surface area contributed by atoms with E-state index in [2.05, 4.69) is 10.6 Å². The molecule has 1 aliphatic heterocycles. The zero-order valence-electron chi connectivity index (χ0n) is 10.1. The van der Waals surface area contributed by atoms with E-state index in [1.807, 2.05) is 18.2 Å². The predicted molar refractivity (Wildman–Crippen MR) is 72.1 cm³/mol. The lowest BCUT2D eigenvalue weighted by atomic mass is 9.98. The van der Waals surface area contributed by atoms with Crippen LogP contribution in [0.2, 0.25) is 5.02 Å². The molecule has 94 valence electrons. The Morgan fingerprint density at radius 1 is 1.41 bits per heavy atom. The second-order valence-corrected chi connectivity index (χ2v) is 4.83. The highest BCUT2D eigenvalue weighted by molar-refractivity contribution is 6.33. The van der Waals surface area contributed by atoms with Gasteiger partial charge in [-0.15, -0.1) is 0 Å². The van der Waals surface area contributed by atoms with Gasteiger partial charge in [-0.2, -0.15) is 0 Å². The third-order valence-corrected chi connectivity index (χ3v) is 3.54. The van der Waals surface area contributed by atoms with Crippen LogP contribution in [0, 0.1) is 5.92 Å². The fourth-order valence-corrected chi connectivity index (χ4v) is 2.29. The molecule has 1 saturated heterocycles. The quantitative estimate of drug-likeness (QED) is 0.867. The van der Waals surface area contributed by atoms with Gasteiger partial charge >= 0.3 is 0 Å². The van der Waals surface area contributed by atoms with Crippen molar-refractivity contribution in [3.63, 3.8) is 0 Å². The van der Waals surface area contributed by atoms with Crippen LogP contribution >= 0.6 is 11.6 Å². The second kappa shape index (κ2) is 6.12. The minimum absolute atomic E-state index is 0.735. The normalized spacial score (nSPS) is 16.8. The molecule has 1 aliphatic rings. The largest absolute Gasteiger partial charge is 0.497 e. The predicted octanol–water partition coefficient (Wildman–Crippen LogP) is 2.76. The molecule has 0 amide bonds. The summed E-state index contributed by atoms with van der Waals surface area (Å²) in [7, 11) is 1.67. The molecule has 0 atom stereocenters. The van der Waals surface area contributed by atoms with Crippen LogP contribution in [-0.4, -0.2) is 26.7 Å². The Morgan fingerprint density at radius 2 is 2.18 bits per heavy atom.